The van der Waals surface area contributed by atoms with Crippen LogP contribution in [0.3, 0.4) is 0 Å². The van der Waals surface area contributed by atoms with Crippen LogP contribution in [-0.2, 0) is 4.74 Å². The normalized spacial score (nSPS) is 26.6. The molecule has 2 fully saturated rings. The number of aromatic nitrogens is 2. The second-order valence-electron chi connectivity index (χ2n) is 8.79. The summed E-state index contributed by atoms with van der Waals surface area (Å²) in [5.74, 6) is -0.272. The molecule has 0 amide bonds. The molecule has 0 spiro atoms. The highest BCUT2D eigenvalue weighted by Crippen LogP contribution is 2.38. The first kappa shape index (κ1) is 22.3. The number of piperidine rings is 1. The number of likely N-dealkylation sites (tertiary alicyclic amines) is 1. The van der Waals surface area contributed by atoms with Crippen molar-refractivity contribution >= 4 is 23.4 Å². The van der Waals surface area contributed by atoms with Crippen LogP contribution in [0.4, 0.5) is 4.39 Å². The summed E-state index contributed by atoms with van der Waals surface area (Å²) in [6.45, 7) is 9.01. The van der Waals surface area contributed by atoms with Crippen molar-refractivity contribution in [2.45, 2.75) is 77.0 Å². The number of fused-ring (bicyclic) bond motifs is 1. The van der Waals surface area contributed by atoms with E-state index in [-0.39, 0.29) is 35.5 Å². The lowest BCUT2D eigenvalue weighted by Crippen LogP contribution is -2.53. The van der Waals surface area contributed by atoms with E-state index in [9.17, 15) is 9.18 Å². The van der Waals surface area contributed by atoms with Crippen LogP contribution in [0, 0.1) is 12.7 Å². The third-order valence-electron chi connectivity index (χ3n) is 7.00. The van der Waals surface area contributed by atoms with Crippen LogP contribution in [0.15, 0.2) is 16.9 Å². The van der Waals surface area contributed by atoms with Crippen molar-refractivity contribution in [1.82, 2.24) is 14.5 Å². The molecule has 0 bridgehead atoms. The number of aromatic amines is 1. The molecular weight excluding hydrogens is 393 g/mol. The first-order valence-corrected chi connectivity index (χ1v) is 10.7. The molecule has 2 heterocycles. The van der Waals surface area contributed by atoms with E-state index in [0.717, 1.165) is 50.9 Å². The van der Waals surface area contributed by atoms with Crippen molar-refractivity contribution in [1.29, 1.82) is 0 Å². The summed E-state index contributed by atoms with van der Waals surface area (Å²) in [6, 6.07) is 3.41. The molecule has 4 rings (SSSR count). The van der Waals surface area contributed by atoms with Gasteiger partial charge >= 0.3 is 5.69 Å². The molecule has 2 aliphatic rings. The van der Waals surface area contributed by atoms with Crippen molar-refractivity contribution < 1.29 is 9.13 Å². The third-order valence-corrected chi connectivity index (χ3v) is 7.00. The molecule has 1 aromatic carbocycles. The molecule has 2 aromatic rings. The molecular formula is C22H33ClFN3O2. The van der Waals surface area contributed by atoms with Gasteiger partial charge in [0.15, 0.2) is 0 Å². The molecule has 1 aliphatic heterocycles. The molecule has 1 saturated carbocycles. The topological polar surface area (TPSA) is 50.3 Å². The van der Waals surface area contributed by atoms with Gasteiger partial charge in [-0.1, -0.05) is 0 Å². The number of aryl methyl sites for hydroxylation is 1. The minimum atomic E-state index is -0.272. The predicted octanol–water partition coefficient (Wildman–Crippen LogP) is 4.57. The summed E-state index contributed by atoms with van der Waals surface area (Å²) in [4.78, 5) is 18.0. The Labute approximate surface area is 178 Å². The first-order chi connectivity index (χ1) is 13.4. The Bertz CT molecular complexity index is 893. The molecule has 0 atom stereocenters. The quantitative estimate of drug-likeness (QED) is 0.780. The van der Waals surface area contributed by atoms with Crippen LogP contribution >= 0.6 is 12.4 Å². The number of H-pyrrole nitrogens is 1. The molecule has 0 radical (unpaired) electrons. The van der Waals surface area contributed by atoms with Gasteiger partial charge in [0.05, 0.1) is 17.1 Å². The largest absolute Gasteiger partial charge is 0.379 e. The molecule has 0 unspecified atom stereocenters. The van der Waals surface area contributed by atoms with Crippen LogP contribution < -0.4 is 5.69 Å². The Morgan fingerprint density at radius 2 is 1.86 bits per heavy atom. The minimum Gasteiger partial charge on any atom is -0.379 e. The standard InChI is InChI=1S/C22H32FN3O2.ClH/c1-4-28-17-5-9-22(3,10-6-17)25-11-7-16(8-12-25)26-20-13-15(2)18(23)14-19(20)24-21(26)27;/h13-14,16-17H,4-12H2,1-3H3,(H,24,27);1H. The van der Waals surface area contributed by atoms with E-state index in [4.69, 9.17) is 4.74 Å². The maximum absolute atomic E-state index is 13.9. The number of imidazole rings is 1. The van der Waals surface area contributed by atoms with Crippen molar-refractivity contribution in [2.24, 2.45) is 0 Å². The van der Waals surface area contributed by atoms with E-state index in [1.165, 1.54) is 18.9 Å². The lowest BCUT2D eigenvalue weighted by molar-refractivity contribution is -0.0273. The highest BCUT2D eigenvalue weighted by molar-refractivity contribution is 5.85. The number of benzene rings is 1. The van der Waals surface area contributed by atoms with Crippen LogP contribution in [0.2, 0.25) is 0 Å². The summed E-state index contributed by atoms with van der Waals surface area (Å²) < 4.78 is 21.5. The zero-order valence-electron chi connectivity index (χ0n) is 17.7. The smallest absolute Gasteiger partial charge is 0.326 e. The Kier molecular flexibility index (Phi) is 6.76. The second-order valence-corrected chi connectivity index (χ2v) is 8.79. The van der Waals surface area contributed by atoms with Gasteiger partial charge in [-0.2, -0.15) is 0 Å². The number of nitrogens with one attached hydrogen (secondary N) is 1. The number of halogens is 2. The summed E-state index contributed by atoms with van der Waals surface area (Å²) in [5, 5.41) is 0. The zero-order valence-corrected chi connectivity index (χ0v) is 18.5. The van der Waals surface area contributed by atoms with Gasteiger partial charge in [0.25, 0.3) is 0 Å². The zero-order chi connectivity index (χ0) is 19.9. The highest BCUT2D eigenvalue weighted by Gasteiger charge is 2.38. The monoisotopic (exact) mass is 425 g/mol. The van der Waals surface area contributed by atoms with Gasteiger partial charge < -0.3 is 9.72 Å². The van der Waals surface area contributed by atoms with Crippen molar-refractivity contribution in [3.05, 3.63) is 34.0 Å². The van der Waals surface area contributed by atoms with Crippen LogP contribution in [0.5, 0.6) is 0 Å². The highest BCUT2D eigenvalue weighted by atomic mass is 35.5. The average Bonchev–Trinajstić information content (AvgIpc) is 2.99. The fourth-order valence-corrected chi connectivity index (χ4v) is 5.21. The molecule has 7 heteroatoms. The van der Waals surface area contributed by atoms with Gasteiger partial charge in [0, 0.05) is 31.3 Å². The SMILES string of the molecule is CCOC1CCC(C)(N2CCC(n3c(=O)[nH]c4cc(F)c(C)cc43)CC2)CC1.Cl. The lowest BCUT2D eigenvalue weighted by atomic mass is 9.79. The Balaban J connectivity index is 0.00000240. The number of nitrogens with zero attached hydrogens (tertiary/aromatic N) is 2. The third kappa shape index (κ3) is 4.25. The minimum absolute atomic E-state index is 0. The van der Waals surface area contributed by atoms with E-state index in [1.54, 1.807) is 13.0 Å². The summed E-state index contributed by atoms with van der Waals surface area (Å²) in [5.41, 5.74) is 2.12. The number of hydrogen-bond acceptors (Lipinski definition) is 3. The van der Waals surface area contributed by atoms with Gasteiger partial charge in [-0.15, -0.1) is 12.4 Å². The van der Waals surface area contributed by atoms with Gasteiger partial charge in [0.1, 0.15) is 5.82 Å². The molecule has 1 aromatic heterocycles. The van der Waals surface area contributed by atoms with E-state index in [0.29, 0.717) is 17.2 Å². The fraction of sp³-hybridized carbons (Fsp3) is 0.682. The maximum atomic E-state index is 13.9. The van der Waals surface area contributed by atoms with Crippen molar-refractivity contribution in [3.8, 4) is 0 Å². The van der Waals surface area contributed by atoms with Crippen LogP contribution in [-0.4, -0.2) is 45.8 Å². The summed E-state index contributed by atoms with van der Waals surface area (Å²) in [7, 11) is 0. The van der Waals surface area contributed by atoms with E-state index >= 15 is 0 Å². The van der Waals surface area contributed by atoms with Crippen LogP contribution in [0.1, 0.15) is 64.0 Å². The molecule has 1 N–H and O–H groups in total. The molecule has 1 saturated heterocycles. The van der Waals surface area contributed by atoms with E-state index in [1.807, 2.05) is 4.57 Å². The Hall–Kier alpha value is -1.37. The van der Waals surface area contributed by atoms with Gasteiger partial charge in [-0.05, 0) is 77.0 Å². The Morgan fingerprint density at radius 1 is 1.21 bits per heavy atom. The number of hydrogen-bond donors (Lipinski definition) is 1. The van der Waals surface area contributed by atoms with E-state index < -0.39 is 0 Å². The van der Waals surface area contributed by atoms with Gasteiger partial charge in [-0.3, -0.25) is 9.47 Å². The van der Waals surface area contributed by atoms with Gasteiger partial charge in [-0.25, -0.2) is 9.18 Å². The maximum Gasteiger partial charge on any atom is 0.326 e. The van der Waals surface area contributed by atoms with Crippen molar-refractivity contribution in [2.75, 3.05) is 19.7 Å². The van der Waals surface area contributed by atoms with Crippen LogP contribution in [0.25, 0.3) is 11.0 Å². The Morgan fingerprint density at radius 3 is 2.48 bits per heavy atom. The molecule has 162 valence electrons. The fourth-order valence-electron chi connectivity index (χ4n) is 5.21. The molecule has 29 heavy (non-hydrogen) atoms. The first-order valence-electron chi connectivity index (χ1n) is 10.7. The van der Waals surface area contributed by atoms with Crippen molar-refractivity contribution in [3.63, 3.8) is 0 Å². The van der Waals surface area contributed by atoms with E-state index in [2.05, 4.69) is 23.7 Å². The summed E-state index contributed by atoms with van der Waals surface area (Å²) >= 11 is 0. The van der Waals surface area contributed by atoms with Gasteiger partial charge in [0.2, 0.25) is 0 Å². The second kappa shape index (κ2) is 8.78. The molecule has 5 nitrogen and oxygen atoms in total. The number of rotatable bonds is 4. The molecule has 1 aliphatic carbocycles. The predicted molar refractivity (Wildman–Crippen MR) is 117 cm³/mol. The summed E-state index contributed by atoms with van der Waals surface area (Å²) in [6.07, 6.45) is 6.95. The lowest BCUT2D eigenvalue weighted by Gasteiger charge is -2.48. The average molecular weight is 426 g/mol. The number of ether oxygens (including phenoxy) is 1.